The van der Waals surface area contributed by atoms with Crippen LogP contribution in [0.1, 0.15) is 26.2 Å². The number of ether oxygens (including phenoxy) is 1. The summed E-state index contributed by atoms with van der Waals surface area (Å²) in [7, 11) is -1.82. The van der Waals surface area contributed by atoms with Crippen LogP contribution in [0.5, 0.6) is 0 Å². The molecular weight excluding hydrogens is 380 g/mol. The largest absolute Gasteiger partial charge is 0.379 e. The van der Waals surface area contributed by atoms with Gasteiger partial charge in [0.15, 0.2) is 9.84 Å². The fourth-order valence-corrected chi connectivity index (χ4v) is 5.67. The summed E-state index contributed by atoms with van der Waals surface area (Å²) in [4.78, 5) is 26.1. The highest BCUT2D eigenvalue weighted by molar-refractivity contribution is 7.91. The highest BCUT2D eigenvalue weighted by atomic mass is 32.2. The van der Waals surface area contributed by atoms with Gasteiger partial charge in [0.2, 0.25) is 11.8 Å². The van der Waals surface area contributed by atoms with Gasteiger partial charge in [0.1, 0.15) is 0 Å². The van der Waals surface area contributed by atoms with Crippen LogP contribution in [0.15, 0.2) is 35.2 Å². The number of likely N-dealkylation sites (tertiary alicyclic amines) is 1. The normalized spacial score (nSPS) is 27.3. The fraction of sp³-hybridized carbons (Fsp3) is 0.600. The average Bonchev–Trinajstić information content (AvgIpc) is 3.08. The number of methoxy groups -OCH3 is 1. The van der Waals surface area contributed by atoms with Gasteiger partial charge in [-0.2, -0.15) is 0 Å². The molecule has 1 N–H and O–H groups in total. The number of sulfone groups is 1. The van der Waals surface area contributed by atoms with Crippen LogP contribution in [0.3, 0.4) is 0 Å². The Kier molecular flexibility index (Phi) is 6.40. The molecule has 0 unspecified atom stereocenters. The molecule has 3 rings (SSSR count). The first-order valence-electron chi connectivity index (χ1n) is 9.65. The van der Waals surface area contributed by atoms with Gasteiger partial charge in [0.25, 0.3) is 0 Å². The Labute approximate surface area is 166 Å². The third-order valence-electron chi connectivity index (χ3n) is 5.85. The molecule has 0 radical (unpaired) electrons. The molecule has 0 spiro atoms. The monoisotopic (exact) mass is 408 g/mol. The van der Waals surface area contributed by atoms with Crippen LogP contribution in [-0.2, 0) is 24.2 Å². The minimum absolute atomic E-state index is 0.0144. The van der Waals surface area contributed by atoms with E-state index in [0.717, 1.165) is 12.8 Å². The minimum Gasteiger partial charge on any atom is -0.379 e. The minimum atomic E-state index is -3.46. The molecule has 1 saturated carbocycles. The van der Waals surface area contributed by atoms with E-state index in [-0.39, 0.29) is 41.0 Å². The lowest BCUT2D eigenvalue weighted by Crippen LogP contribution is -2.49. The molecule has 1 heterocycles. The van der Waals surface area contributed by atoms with E-state index in [1.807, 2.05) is 0 Å². The van der Waals surface area contributed by atoms with Gasteiger partial charge in [-0.1, -0.05) is 18.2 Å². The molecule has 1 aliphatic heterocycles. The van der Waals surface area contributed by atoms with E-state index in [4.69, 9.17) is 4.74 Å². The van der Waals surface area contributed by atoms with Crippen LogP contribution < -0.4 is 5.32 Å². The molecule has 0 aromatic heterocycles. The summed E-state index contributed by atoms with van der Waals surface area (Å²) in [6.07, 6.45) is 1.49. The molecule has 7 nitrogen and oxygen atoms in total. The van der Waals surface area contributed by atoms with E-state index in [1.165, 1.54) is 6.92 Å². The predicted octanol–water partition coefficient (Wildman–Crippen LogP) is 1.24. The van der Waals surface area contributed by atoms with E-state index in [0.29, 0.717) is 24.9 Å². The second-order valence-electron chi connectivity index (χ2n) is 7.75. The van der Waals surface area contributed by atoms with E-state index >= 15 is 0 Å². The highest BCUT2D eigenvalue weighted by Gasteiger charge is 2.43. The van der Waals surface area contributed by atoms with Crippen LogP contribution in [0.25, 0.3) is 0 Å². The molecule has 2 fully saturated rings. The van der Waals surface area contributed by atoms with E-state index < -0.39 is 9.84 Å². The van der Waals surface area contributed by atoms with Gasteiger partial charge >= 0.3 is 0 Å². The molecule has 1 aromatic carbocycles. The summed E-state index contributed by atoms with van der Waals surface area (Å²) in [5, 5.41) is 2.96. The molecule has 8 heteroatoms. The van der Waals surface area contributed by atoms with Gasteiger partial charge < -0.3 is 15.0 Å². The van der Waals surface area contributed by atoms with Gasteiger partial charge in [-0.05, 0) is 36.8 Å². The Hall–Kier alpha value is -1.93. The summed E-state index contributed by atoms with van der Waals surface area (Å²) >= 11 is 0. The number of hydrogen-bond donors (Lipinski definition) is 1. The first-order valence-corrected chi connectivity index (χ1v) is 11.3. The van der Waals surface area contributed by atoms with Gasteiger partial charge in [-0.15, -0.1) is 0 Å². The maximum atomic E-state index is 12.6. The zero-order chi connectivity index (χ0) is 20.3. The quantitative estimate of drug-likeness (QED) is 0.764. The number of carbonyl (C=O) groups is 2. The molecule has 154 valence electrons. The van der Waals surface area contributed by atoms with Gasteiger partial charge in [0.05, 0.1) is 22.8 Å². The zero-order valence-electron chi connectivity index (χ0n) is 16.3. The topological polar surface area (TPSA) is 92.8 Å². The van der Waals surface area contributed by atoms with Crippen molar-refractivity contribution in [3.05, 3.63) is 30.3 Å². The van der Waals surface area contributed by atoms with E-state index in [9.17, 15) is 18.0 Å². The third kappa shape index (κ3) is 4.72. The Bertz CT molecular complexity index is 811. The van der Waals surface area contributed by atoms with Crippen molar-refractivity contribution in [1.82, 2.24) is 10.2 Å². The molecule has 28 heavy (non-hydrogen) atoms. The molecule has 2 amide bonds. The van der Waals surface area contributed by atoms with Gasteiger partial charge in [-0.3, -0.25) is 9.59 Å². The molecule has 1 aliphatic carbocycles. The first kappa shape index (κ1) is 20.8. The van der Waals surface area contributed by atoms with Crippen molar-refractivity contribution in [2.45, 2.75) is 43.2 Å². The molecule has 0 bridgehead atoms. The van der Waals surface area contributed by atoms with Crippen molar-refractivity contribution < 1.29 is 22.7 Å². The van der Waals surface area contributed by atoms with Crippen molar-refractivity contribution in [1.29, 1.82) is 0 Å². The highest BCUT2D eigenvalue weighted by Crippen LogP contribution is 2.37. The Balaban J connectivity index is 1.57. The number of carbonyl (C=O) groups excluding carboxylic acids is 2. The Morgan fingerprint density at radius 2 is 1.79 bits per heavy atom. The first-order chi connectivity index (χ1) is 13.3. The lowest BCUT2D eigenvalue weighted by molar-refractivity contribution is -0.130. The summed E-state index contributed by atoms with van der Waals surface area (Å²) in [6, 6.07) is 8.18. The number of nitrogens with one attached hydrogen (secondary N) is 1. The molecular formula is C20H28N2O5S. The summed E-state index contributed by atoms with van der Waals surface area (Å²) < 4.78 is 30.4. The van der Waals surface area contributed by atoms with Crippen molar-refractivity contribution in [3.8, 4) is 0 Å². The number of nitrogens with zero attached hydrogens (tertiary/aromatic N) is 1. The van der Waals surface area contributed by atoms with Gasteiger partial charge in [-0.25, -0.2) is 8.42 Å². The zero-order valence-corrected chi connectivity index (χ0v) is 17.2. The Morgan fingerprint density at radius 1 is 1.14 bits per heavy atom. The molecule has 1 saturated heterocycles. The average molecular weight is 409 g/mol. The third-order valence-corrected chi connectivity index (χ3v) is 7.58. The van der Waals surface area contributed by atoms with Crippen molar-refractivity contribution in [2.75, 3.05) is 26.0 Å². The van der Waals surface area contributed by atoms with E-state index in [1.54, 1.807) is 42.3 Å². The van der Waals surface area contributed by atoms with Crippen LogP contribution in [0.4, 0.5) is 0 Å². The molecule has 4 atom stereocenters. The van der Waals surface area contributed by atoms with Crippen LogP contribution >= 0.6 is 0 Å². The predicted molar refractivity (Wildman–Crippen MR) is 104 cm³/mol. The van der Waals surface area contributed by atoms with E-state index in [2.05, 4.69) is 5.32 Å². The standard InChI is InChI=1S/C20H28N2O5S/c1-14(23)21-18-10-15-12-22(13-16(15)11-19(18)27-2)20(24)8-9-28(25,26)17-6-4-3-5-7-17/h3-7,15-16,18-19H,8-13H2,1-2H3,(H,21,23)/t15-,16+,18-,19-/m1/s1. The maximum Gasteiger partial charge on any atom is 0.223 e. The van der Waals surface area contributed by atoms with Crippen molar-refractivity contribution >= 4 is 21.7 Å². The SMILES string of the molecule is CO[C@@H]1C[C@H]2CN(C(=O)CCS(=O)(=O)c3ccccc3)C[C@H]2C[C@H]1NC(C)=O. The second kappa shape index (κ2) is 8.61. The van der Waals surface area contributed by atoms with Crippen LogP contribution in [0, 0.1) is 11.8 Å². The number of fused-ring (bicyclic) bond motifs is 1. The smallest absolute Gasteiger partial charge is 0.223 e. The lowest BCUT2D eigenvalue weighted by Gasteiger charge is -2.37. The number of hydrogen-bond acceptors (Lipinski definition) is 5. The lowest BCUT2D eigenvalue weighted by atomic mass is 9.77. The number of rotatable bonds is 6. The number of benzene rings is 1. The second-order valence-corrected chi connectivity index (χ2v) is 9.86. The van der Waals surface area contributed by atoms with Crippen LogP contribution in [0.2, 0.25) is 0 Å². The van der Waals surface area contributed by atoms with Crippen molar-refractivity contribution in [2.24, 2.45) is 11.8 Å². The summed E-state index contributed by atoms with van der Waals surface area (Å²) in [5.41, 5.74) is 0. The molecule has 2 aliphatic rings. The number of amides is 2. The van der Waals surface area contributed by atoms with Gasteiger partial charge in [0, 0.05) is 33.5 Å². The summed E-state index contributed by atoms with van der Waals surface area (Å²) in [6.45, 7) is 2.74. The molecule has 1 aromatic rings. The van der Waals surface area contributed by atoms with Crippen molar-refractivity contribution in [3.63, 3.8) is 0 Å². The fourth-order valence-electron chi connectivity index (χ4n) is 4.42. The van der Waals surface area contributed by atoms with Crippen LogP contribution in [-0.4, -0.2) is 63.2 Å². The summed E-state index contributed by atoms with van der Waals surface area (Å²) in [5.74, 6) is 0.237. The Morgan fingerprint density at radius 3 is 2.39 bits per heavy atom. The maximum absolute atomic E-state index is 12.6.